The van der Waals surface area contributed by atoms with Gasteiger partial charge in [0, 0.05) is 31.1 Å². The van der Waals surface area contributed by atoms with Crippen LogP contribution < -0.4 is 0 Å². The number of aromatic nitrogens is 3. The Bertz CT molecular complexity index is 680. The molecule has 1 atom stereocenters. The molecule has 2 aromatic rings. The van der Waals surface area contributed by atoms with Gasteiger partial charge in [0.25, 0.3) is 5.91 Å². The highest BCUT2D eigenvalue weighted by atomic mass is 32.1. The van der Waals surface area contributed by atoms with Gasteiger partial charge in [-0.05, 0) is 33.2 Å². The Morgan fingerprint density at radius 3 is 2.96 bits per heavy atom. The van der Waals surface area contributed by atoms with E-state index in [2.05, 4.69) is 33.8 Å². The molecule has 1 saturated heterocycles. The lowest BCUT2D eigenvalue weighted by molar-refractivity contribution is 0.0779. The third-order valence-electron chi connectivity index (χ3n) is 4.33. The molecule has 3 heterocycles. The molecule has 23 heavy (non-hydrogen) atoms. The number of H-pyrrole nitrogens is 1. The average Bonchev–Trinajstić information content (AvgIpc) is 3.22. The first-order valence-corrected chi connectivity index (χ1v) is 8.79. The van der Waals surface area contributed by atoms with Gasteiger partial charge in [-0.3, -0.25) is 4.79 Å². The van der Waals surface area contributed by atoms with Crippen molar-refractivity contribution >= 4 is 17.2 Å². The van der Waals surface area contributed by atoms with Crippen molar-refractivity contribution in [3.8, 4) is 0 Å². The highest BCUT2D eigenvalue weighted by Gasteiger charge is 2.28. The van der Waals surface area contributed by atoms with Gasteiger partial charge >= 0.3 is 0 Å². The van der Waals surface area contributed by atoms with Gasteiger partial charge in [0.15, 0.2) is 0 Å². The molecular weight excluding hydrogens is 310 g/mol. The van der Waals surface area contributed by atoms with E-state index < -0.39 is 0 Å². The summed E-state index contributed by atoms with van der Waals surface area (Å²) in [6, 6.07) is 0. The Hall–Kier alpha value is -1.73. The summed E-state index contributed by atoms with van der Waals surface area (Å²) in [4.78, 5) is 29.5. The van der Waals surface area contributed by atoms with Crippen LogP contribution in [-0.4, -0.2) is 57.3 Å². The second kappa shape index (κ2) is 6.80. The number of amides is 1. The van der Waals surface area contributed by atoms with Crippen LogP contribution in [0, 0.1) is 19.8 Å². The molecule has 0 saturated carbocycles. The number of imidazole rings is 1. The van der Waals surface area contributed by atoms with Gasteiger partial charge < -0.3 is 14.8 Å². The van der Waals surface area contributed by atoms with E-state index in [-0.39, 0.29) is 5.91 Å². The summed E-state index contributed by atoms with van der Waals surface area (Å²) in [5.41, 5.74) is 3.62. The number of likely N-dealkylation sites (tertiary alicyclic amines) is 1. The second-order valence-electron chi connectivity index (χ2n) is 6.35. The van der Waals surface area contributed by atoms with Crippen LogP contribution in [0.15, 0.2) is 11.7 Å². The smallest absolute Gasteiger partial charge is 0.271 e. The summed E-state index contributed by atoms with van der Waals surface area (Å²) in [5, 5.41) is 0. The van der Waals surface area contributed by atoms with Crippen LogP contribution in [0.3, 0.4) is 0 Å². The molecule has 0 bridgehead atoms. The molecule has 1 aliphatic heterocycles. The van der Waals surface area contributed by atoms with Crippen molar-refractivity contribution in [2.24, 2.45) is 5.92 Å². The standard InChI is InChI=1S/C16H23N5OS/c1-11-15(23-10-18-11)9-20(3)7-13-4-5-21(8-13)16(22)14-6-17-12(2)19-14/h6,10,13H,4-5,7-9H2,1-3H3,(H,17,19)/t13-/m1/s1. The quantitative estimate of drug-likeness (QED) is 0.910. The van der Waals surface area contributed by atoms with Crippen LogP contribution in [0.2, 0.25) is 0 Å². The molecule has 1 N–H and O–H groups in total. The highest BCUT2D eigenvalue weighted by molar-refractivity contribution is 7.09. The molecule has 0 spiro atoms. The third-order valence-corrected chi connectivity index (χ3v) is 5.25. The first-order valence-electron chi connectivity index (χ1n) is 7.91. The second-order valence-corrected chi connectivity index (χ2v) is 7.29. The monoisotopic (exact) mass is 333 g/mol. The molecular formula is C16H23N5OS. The molecule has 2 aromatic heterocycles. The van der Waals surface area contributed by atoms with Gasteiger partial charge in [0.2, 0.25) is 0 Å². The Morgan fingerprint density at radius 1 is 1.48 bits per heavy atom. The van der Waals surface area contributed by atoms with Crippen molar-refractivity contribution in [2.75, 3.05) is 26.7 Å². The molecule has 6 nitrogen and oxygen atoms in total. The number of rotatable bonds is 5. The lowest BCUT2D eigenvalue weighted by atomic mass is 10.1. The zero-order valence-corrected chi connectivity index (χ0v) is 14.7. The summed E-state index contributed by atoms with van der Waals surface area (Å²) in [5.74, 6) is 1.37. The summed E-state index contributed by atoms with van der Waals surface area (Å²) < 4.78 is 0. The van der Waals surface area contributed by atoms with Crippen LogP contribution in [0.25, 0.3) is 0 Å². The number of carbonyl (C=O) groups is 1. The van der Waals surface area contributed by atoms with E-state index in [1.54, 1.807) is 17.5 Å². The maximum Gasteiger partial charge on any atom is 0.271 e. The fourth-order valence-corrected chi connectivity index (χ4v) is 3.95. The lowest BCUT2D eigenvalue weighted by Crippen LogP contribution is -2.31. The molecule has 0 unspecified atom stereocenters. The fraction of sp³-hybridized carbons (Fsp3) is 0.562. The predicted octanol–water partition coefficient (Wildman–Crippen LogP) is 2.08. The normalized spacial score (nSPS) is 18.1. The number of thiazole rings is 1. The average molecular weight is 333 g/mol. The van der Waals surface area contributed by atoms with E-state index in [0.29, 0.717) is 11.6 Å². The summed E-state index contributed by atoms with van der Waals surface area (Å²) in [6.45, 7) is 7.50. The lowest BCUT2D eigenvalue weighted by Gasteiger charge is -2.21. The number of aryl methyl sites for hydroxylation is 2. The van der Waals surface area contributed by atoms with Crippen molar-refractivity contribution in [1.82, 2.24) is 24.8 Å². The van der Waals surface area contributed by atoms with Crippen molar-refractivity contribution in [3.05, 3.63) is 33.8 Å². The van der Waals surface area contributed by atoms with Crippen molar-refractivity contribution in [3.63, 3.8) is 0 Å². The highest BCUT2D eigenvalue weighted by Crippen LogP contribution is 2.21. The Labute approximate surface area is 140 Å². The van der Waals surface area contributed by atoms with E-state index in [1.807, 2.05) is 17.3 Å². The number of hydrogen-bond acceptors (Lipinski definition) is 5. The zero-order valence-electron chi connectivity index (χ0n) is 13.9. The molecule has 0 aliphatic carbocycles. The molecule has 0 radical (unpaired) electrons. The molecule has 7 heteroatoms. The van der Waals surface area contributed by atoms with E-state index in [1.165, 1.54) is 4.88 Å². The van der Waals surface area contributed by atoms with E-state index >= 15 is 0 Å². The largest absolute Gasteiger partial charge is 0.338 e. The zero-order chi connectivity index (χ0) is 16.4. The van der Waals surface area contributed by atoms with Gasteiger partial charge in [0.1, 0.15) is 11.5 Å². The maximum atomic E-state index is 12.4. The number of nitrogens with zero attached hydrogens (tertiary/aromatic N) is 4. The summed E-state index contributed by atoms with van der Waals surface area (Å²) in [7, 11) is 2.14. The van der Waals surface area contributed by atoms with E-state index in [4.69, 9.17) is 0 Å². The number of hydrogen-bond donors (Lipinski definition) is 1. The third kappa shape index (κ3) is 3.79. The minimum atomic E-state index is 0.0639. The van der Waals surface area contributed by atoms with Gasteiger partial charge in [-0.2, -0.15) is 0 Å². The Morgan fingerprint density at radius 2 is 2.30 bits per heavy atom. The van der Waals surface area contributed by atoms with Crippen LogP contribution in [0.4, 0.5) is 0 Å². The fourth-order valence-electron chi connectivity index (χ4n) is 3.09. The number of nitrogens with one attached hydrogen (secondary N) is 1. The molecule has 0 aromatic carbocycles. The number of carbonyl (C=O) groups excluding carboxylic acids is 1. The summed E-state index contributed by atoms with van der Waals surface area (Å²) in [6.07, 6.45) is 2.69. The van der Waals surface area contributed by atoms with E-state index in [9.17, 15) is 4.79 Å². The van der Waals surface area contributed by atoms with E-state index in [0.717, 1.165) is 44.1 Å². The first-order chi connectivity index (χ1) is 11.0. The SMILES string of the molecule is Cc1ncc(C(=O)N2CC[C@H](CN(C)Cc3scnc3C)C2)[nH]1. The number of aromatic amines is 1. The minimum Gasteiger partial charge on any atom is -0.338 e. The predicted molar refractivity (Wildman–Crippen MR) is 90.5 cm³/mol. The molecule has 124 valence electrons. The Kier molecular flexibility index (Phi) is 4.77. The van der Waals surface area contributed by atoms with Gasteiger partial charge in [-0.25, -0.2) is 9.97 Å². The van der Waals surface area contributed by atoms with Gasteiger partial charge in [-0.15, -0.1) is 11.3 Å². The van der Waals surface area contributed by atoms with Crippen molar-refractivity contribution in [1.29, 1.82) is 0 Å². The maximum absolute atomic E-state index is 12.4. The van der Waals surface area contributed by atoms with Crippen molar-refractivity contribution < 1.29 is 4.79 Å². The molecule has 1 aliphatic rings. The van der Waals surface area contributed by atoms with Crippen LogP contribution >= 0.6 is 11.3 Å². The van der Waals surface area contributed by atoms with Gasteiger partial charge in [0.05, 0.1) is 17.4 Å². The topological polar surface area (TPSA) is 65.1 Å². The van der Waals surface area contributed by atoms with Crippen molar-refractivity contribution in [2.45, 2.75) is 26.8 Å². The first kappa shape index (κ1) is 16.1. The molecule has 1 fully saturated rings. The van der Waals surface area contributed by atoms with Crippen LogP contribution in [-0.2, 0) is 6.54 Å². The molecule has 3 rings (SSSR count). The Balaban J connectivity index is 1.51. The summed E-state index contributed by atoms with van der Waals surface area (Å²) >= 11 is 1.71. The molecule has 1 amide bonds. The van der Waals surface area contributed by atoms with Crippen LogP contribution in [0.1, 0.15) is 33.3 Å². The van der Waals surface area contributed by atoms with Crippen LogP contribution in [0.5, 0.6) is 0 Å². The minimum absolute atomic E-state index is 0.0639. The van der Waals surface area contributed by atoms with Gasteiger partial charge in [-0.1, -0.05) is 0 Å².